The molecule has 3 N–H and O–H groups in total. The molecule has 1 aromatic carbocycles. The van der Waals surface area contributed by atoms with Crippen molar-refractivity contribution in [1.82, 2.24) is 0 Å². The molecule has 0 aliphatic heterocycles. The molecule has 4 nitrogen and oxygen atoms in total. The number of para-hydroxylation sites is 1. The molecular weight excluding hydrogens is 284 g/mol. The van der Waals surface area contributed by atoms with E-state index in [-0.39, 0.29) is 11.3 Å². The maximum absolute atomic E-state index is 12.2. The van der Waals surface area contributed by atoms with E-state index in [1.54, 1.807) is 19.1 Å². The Bertz CT molecular complexity index is 586. The van der Waals surface area contributed by atoms with E-state index in [0.717, 1.165) is 19.3 Å². The minimum absolute atomic E-state index is 0.109. The van der Waals surface area contributed by atoms with Gasteiger partial charge in [-0.25, -0.2) is 8.42 Å². The van der Waals surface area contributed by atoms with Gasteiger partial charge in [0.2, 0.25) is 0 Å². The molecule has 21 heavy (non-hydrogen) atoms. The van der Waals surface area contributed by atoms with Crippen LogP contribution in [0, 0.1) is 5.92 Å². The molecule has 0 heterocycles. The lowest BCUT2D eigenvalue weighted by atomic mass is 9.76. The third kappa shape index (κ3) is 3.58. The average Bonchev–Trinajstić information content (AvgIpc) is 2.47. The first-order valence-electron chi connectivity index (χ1n) is 7.72. The Hall–Kier alpha value is -1.07. The third-order valence-electron chi connectivity index (χ3n) is 4.48. The van der Waals surface area contributed by atoms with Gasteiger partial charge in [-0.05, 0) is 30.9 Å². The predicted octanol–water partition coefficient (Wildman–Crippen LogP) is 2.80. The van der Waals surface area contributed by atoms with Gasteiger partial charge in [0.1, 0.15) is 0 Å². The molecule has 118 valence electrons. The molecule has 1 fully saturated rings. The second kappa shape index (κ2) is 6.36. The highest BCUT2D eigenvalue weighted by atomic mass is 32.2. The molecule has 5 heteroatoms. The molecule has 1 aromatic rings. The van der Waals surface area contributed by atoms with Gasteiger partial charge in [0.25, 0.3) is 0 Å². The minimum Gasteiger partial charge on any atom is -0.377 e. The van der Waals surface area contributed by atoms with Gasteiger partial charge >= 0.3 is 0 Å². The third-order valence-corrected chi connectivity index (χ3v) is 6.27. The number of benzene rings is 1. The van der Waals surface area contributed by atoms with Crippen LogP contribution in [0.4, 0.5) is 5.69 Å². The minimum atomic E-state index is -3.23. The summed E-state index contributed by atoms with van der Waals surface area (Å²) in [5.74, 6) is 0.724. The fourth-order valence-electron chi connectivity index (χ4n) is 3.29. The molecule has 1 saturated carbocycles. The SMILES string of the molecule is CCS(=O)(=O)c1ccccc1NC1(CN)CCCC(C)C1. The van der Waals surface area contributed by atoms with Crippen LogP contribution in [0.1, 0.15) is 39.5 Å². The summed E-state index contributed by atoms with van der Waals surface area (Å²) in [4.78, 5) is 0.388. The summed E-state index contributed by atoms with van der Waals surface area (Å²) in [6.07, 6.45) is 4.34. The number of nitrogens with one attached hydrogen (secondary N) is 1. The molecule has 0 radical (unpaired) electrons. The topological polar surface area (TPSA) is 72.2 Å². The first-order chi connectivity index (χ1) is 9.92. The van der Waals surface area contributed by atoms with Gasteiger partial charge in [-0.3, -0.25) is 0 Å². The van der Waals surface area contributed by atoms with Gasteiger partial charge in [0, 0.05) is 12.1 Å². The van der Waals surface area contributed by atoms with Crippen LogP contribution >= 0.6 is 0 Å². The van der Waals surface area contributed by atoms with Crippen molar-refractivity contribution in [3.8, 4) is 0 Å². The second-order valence-electron chi connectivity index (χ2n) is 6.21. The van der Waals surface area contributed by atoms with Gasteiger partial charge in [0.15, 0.2) is 9.84 Å². The molecule has 2 atom stereocenters. The quantitative estimate of drug-likeness (QED) is 0.877. The number of rotatable bonds is 5. The summed E-state index contributed by atoms with van der Waals surface area (Å²) in [5.41, 5.74) is 6.54. The Morgan fingerprint density at radius 2 is 2.10 bits per heavy atom. The number of sulfone groups is 1. The lowest BCUT2D eigenvalue weighted by Gasteiger charge is -2.41. The maximum atomic E-state index is 12.2. The van der Waals surface area contributed by atoms with E-state index < -0.39 is 9.84 Å². The summed E-state index contributed by atoms with van der Waals surface area (Å²) >= 11 is 0. The number of hydrogen-bond donors (Lipinski definition) is 2. The Morgan fingerprint density at radius 3 is 2.71 bits per heavy atom. The predicted molar refractivity (Wildman–Crippen MR) is 87.2 cm³/mol. The Labute approximate surface area is 128 Å². The fraction of sp³-hybridized carbons (Fsp3) is 0.625. The van der Waals surface area contributed by atoms with Crippen LogP contribution in [-0.4, -0.2) is 26.3 Å². The average molecular weight is 310 g/mol. The highest BCUT2D eigenvalue weighted by molar-refractivity contribution is 7.91. The van der Waals surface area contributed by atoms with Gasteiger partial charge in [0.05, 0.1) is 16.3 Å². The summed E-state index contributed by atoms with van der Waals surface area (Å²) in [5, 5.41) is 3.48. The zero-order valence-electron chi connectivity index (χ0n) is 12.9. The van der Waals surface area contributed by atoms with Crippen molar-refractivity contribution < 1.29 is 8.42 Å². The Kier molecular flexibility index (Phi) is 4.94. The van der Waals surface area contributed by atoms with Crippen LogP contribution in [0.5, 0.6) is 0 Å². The summed E-state index contributed by atoms with van der Waals surface area (Å²) < 4.78 is 24.5. The van der Waals surface area contributed by atoms with Crippen molar-refractivity contribution in [2.24, 2.45) is 11.7 Å². The standard InChI is InChI=1S/C16H26N2O2S/c1-3-21(19,20)15-9-5-4-8-14(15)18-16(12-17)10-6-7-13(2)11-16/h4-5,8-9,13,18H,3,6-7,10-12,17H2,1-2H3. The van der Waals surface area contributed by atoms with Crippen molar-refractivity contribution >= 4 is 15.5 Å². The summed E-state index contributed by atoms with van der Waals surface area (Å²) in [7, 11) is -3.23. The van der Waals surface area contributed by atoms with Crippen LogP contribution in [0.2, 0.25) is 0 Å². The molecule has 1 aliphatic rings. The Morgan fingerprint density at radius 1 is 1.38 bits per heavy atom. The summed E-state index contributed by atoms with van der Waals surface area (Å²) in [6.45, 7) is 4.44. The zero-order valence-corrected chi connectivity index (χ0v) is 13.7. The van der Waals surface area contributed by atoms with E-state index in [2.05, 4.69) is 12.2 Å². The maximum Gasteiger partial charge on any atom is 0.180 e. The van der Waals surface area contributed by atoms with Gasteiger partial charge in [-0.1, -0.05) is 38.8 Å². The van der Waals surface area contributed by atoms with Crippen LogP contribution in [-0.2, 0) is 9.84 Å². The van der Waals surface area contributed by atoms with E-state index in [0.29, 0.717) is 23.0 Å². The van der Waals surface area contributed by atoms with Crippen LogP contribution in [0.3, 0.4) is 0 Å². The van der Waals surface area contributed by atoms with E-state index in [1.165, 1.54) is 6.42 Å². The van der Waals surface area contributed by atoms with Crippen LogP contribution < -0.4 is 11.1 Å². The van der Waals surface area contributed by atoms with Gasteiger partial charge < -0.3 is 11.1 Å². The molecule has 2 rings (SSSR count). The highest BCUT2D eigenvalue weighted by Gasteiger charge is 2.34. The second-order valence-corrected chi connectivity index (χ2v) is 8.46. The van der Waals surface area contributed by atoms with E-state index in [1.807, 2.05) is 12.1 Å². The van der Waals surface area contributed by atoms with Crippen LogP contribution in [0.25, 0.3) is 0 Å². The van der Waals surface area contributed by atoms with Crippen molar-refractivity contribution in [3.05, 3.63) is 24.3 Å². The zero-order chi connectivity index (χ0) is 15.5. The number of hydrogen-bond acceptors (Lipinski definition) is 4. The van der Waals surface area contributed by atoms with E-state index in [9.17, 15) is 8.42 Å². The first-order valence-corrected chi connectivity index (χ1v) is 9.38. The Balaban J connectivity index is 2.35. The van der Waals surface area contributed by atoms with E-state index in [4.69, 9.17) is 5.73 Å². The lowest BCUT2D eigenvalue weighted by Crippen LogP contribution is -2.49. The largest absolute Gasteiger partial charge is 0.377 e. The molecule has 0 aromatic heterocycles. The molecule has 2 unspecified atom stereocenters. The van der Waals surface area contributed by atoms with Crippen molar-refractivity contribution in [3.63, 3.8) is 0 Å². The molecule has 0 bridgehead atoms. The first kappa shape index (κ1) is 16.3. The van der Waals surface area contributed by atoms with Gasteiger partial charge in [-0.2, -0.15) is 0 Å². The smallest absolute Gasteiger partial charge is 0.180 e. The molecule has 1 aliphatic carbocycles. The van der Waals surface area contributed by atoms with E-state index >= 15 is 0 Å². The highest BCUT2D eigenvalue weighted by Crippen LogP contribution is 2.36. The fourth-order valence-corrected chi connectivity index (χ4v) is 4.34. The summed E-state index contributed by atoms with van der Waals surface area (Å²) in [6, 6.07) is 7.16. The van der Waals surface area contributed by atoms with Crippen molar-refractivity contribution in [2.75, 3.05) is 17.6 Å². The molecular formula is C16H26N2O2S. The van der Waals surface area contributed by atoms with Crippen LogP contribution in [0.15, 0.2) is 29.2 Å². The molecule has 0 saturated heterocycles. The van der Waals surface area contributed by atoms with Gasteiger partial charge in [-0.15, -0.1) is 0 Å². The number of nitrogens with two attached hydrogens (primary N) is 1. The van der Waals surface area contributed by atoms with Crippen molar-refractivity contribution in [2.45, 2.75) is 50.0 Å². The molecule has 0 amide bonds. The normalized spacial score (nSPS) is 26.5. The monoisotopic (exact) mass is 310 g/mol. The number of anilines is 1. The molecule has 0 spiro atoms. The van der Waals surface area contributed by atoms with Crippen molar-refractivity contribution in [1.29, 1.82) is 0 Å². The lowest BCUT2D eigenvalue weighted by molar-refractivity contribution is 0.263.